The standard InChI is InChI=1S/C6H5NO2.HN3/c8-6(9)5-2-1-3-7-4-5;1-3-2/h1-4H,(H,8,9);1H. The first-order valence-corrected chi connectivity index (χ1v) is 2.86. The summed E-state index contributed by atoms with van der Waals surface area (Å²) in [5.41, 5.74) is 12.5. The highest BCUT2D eigenvalue weighted by molar-refractivity contribution is 5.86. The molecular formula is C6H6N4O2. The number of carboxylic acid groups (broad SMARTS) is 1. The molecule has 0 aliphatic carbocycles. The molecule has 0 saturated heterocycles. The van der Waals surface area contributed by atoms with Crippen LogP contribution in [0.15, 0.2) is 24.5 Å². The molecule has 0 fully saturated rings. The molecule has 2 N–H and O–H groups in total. The fourth-order valence-electron chi connectivity index (χ4n) is 0.489. The van der Waals surface area contributed by atoms with Gasteiger partial charge >= 0.3 is 5.97 Å². The zero-order valence-electron chi connectivity index (χ0n) is 6.01. The first-order chi connectivity index (χ1) is 5.72. The van der Waals surface area contributed by atoms with E-state index in [4.69, 9.17) is 16.2 Å². The van der Waals surface area contributed by atoms with Crippen LogP contribution >= 0.6 is 0 Å². The lowest BCUT2D eigenvalue weighted by molar-refractivity contribution is 0.0696. The number of hydrogen-bond acceptors (Lipinski definition) is 3. The zero-order chi connectivity index (χ0) is 9.40. The van der Waals surface area contributed by atoms with Crippen molar-refractivity contribution in [3.8, 4) is 0 Å². The van der Waals surface area contributed by atoms with E-state index >= 15 is 0 Å². The Morgan fingerprint density at radius 1 is 1.75 bits per heavy atom. The molecule has 0 radical (unpaired) electrons. The second-order valence-electron chi connectivity index (χ2n) is 1.65. The molecular weight excluding hydrogens is 160 g/mol. The average Bonchev–Trinajstić information content (AvgIpc) is 2.07. The minimum absolute atomic E-state index is 0.220. The number of rotatable bonds is 1. The molecule has 1 heterocycles. The molecule has 0 aromatic carbocycles. The number of nitrogens with one attached hydrogen (secondary N) is 1. The third kappa shape index (κ3) is 3.86. The van der Waals surface area contributed by atoms with Crippen LogP contribution in [0.25, 0.3) is 10.4 Å². The van der Waals surface area contributed by atoms with Gasteiger partial charge < -0.3 is 5.11 Å². The molecule has 1 aromatic heterocycles. The summed E-state index contributed by atoms with van der Waals surface area (Å²) in [7, 11) is 0. The van der Waals surface area contributed by atoms with Gasteiger partial charge in [-0.1, -0.05) is 0 Å². The van der Waals surface area contributed by atoms with Crippen molar-refractivity contribution >= 4 is 5.97 Å². The minimum atomic E-state index is -0.942. The molecule has 0 atom stereocenters. The van der Waals surface area contributed by atoms with E-state index in [-0.39, 0.29) is 5.56 Å². The van der Waals surface area contributed by atoms with Gasteiger partial charge in [0.15, 0.2) is 0 Å². The van der Waals surface area contributed by atoms with Crippen LogP contribution < -0.4 is 0 Å². The smallest absolute Gasteiger partial charge is 0.337 e. The Labute approximate surface area is 67.9 Å². The SMILES string of the molecule is O=C(O)c1cccnc1.[N-]=[N+]=N. The Bertz CT molecular complexity index is 279. The molecule has 1 aromatic rings. The van der Waals surface area contributed by atoms with E-state index < -0.39 is 5.97 Å². The lowest BCUT2D eigenvalue weighted by atomic mass is 10.3. The summed E-state index contributed by atoms with van der Waals surface area (Å²) < 4.78 is 0. The normalized spacial score (nSPS) is 7.33. The van der Waals surface area contributed by atoms with Gasteiger partial charge in [-0.05, 0) is 22.6 Å². The molecule has 62 valence electrons. The lowest BCUT2D eigenvalue weighted by Gasteiger charge is -1.87. The van der Waals surface area contributed by atoms with E-state index in [9.17, 15) is 4.79 Å². The monoisotopic (exact) mass is 166 g/mol. The number of carboxylic acids is 1. The molecule has 0 saturated carbocycles. The summed E-state index contributed by atoms with van der Waals surface area (Å²) in [5.74, 6) is -0.942. The third-order valence-electron chi connectivity index (χ3n) is 0.908. The number of carbonyl (C=O) groups is 1. The van der Waals surface area contributed by atoms with E-state index in [0.29, 0.717) is 0 Å². The predicted molar refractivity (Wildman–Crippen MR) is 40.6 cm³/mol. The zero-order valence-corrected chi connectivity index (χ0v) is 6.01. The Balaban J connectivity index is 0.000000354. The van der Waals surface area contributed by atoms with Crippen molar-refractivity contribution in [2.45, 2.75) is 0 Å². The van der Waals surface area contributed by atoms with Gasteiger partial charge in [0.05, 0.1) is 5.56 Å². The van der Waals surface area contributed by atoms with E-state index in [1.54, 1.807) is 11.0 Å². The van der Waals surface area contributed by atoms with Gasteiger partial charge in [0.25, 0.3) is 0 Å². The van der Waals surface area contributed by atoms with Gasteiger partial charge in [0.2, 0.25) is 0 Å². The maximum atomic E-state index is 10.2. The first-order valence-electron chi connectivity index (χ1n) is 2.86. The molecule has 1 rings (SSSR count). The maximum absolute atomic E-state index is 10.2. The van der Waals surface area contributed by atoms with Crippen LogP contribution in [0.2, 0.25) is 0 Å². The number of aromatic nitrogens is 1. The molecule has 12 heavy (non-hydrogen) atoms. The van der Waals surface area contributed by atoms with Gasteiger partial charge in [-0.25, -0.2) is 4.79 Å². The number of aromatic carboxylic acids is 1. The summed E-state index contributed by atoms with van der Waals surface area (Å²) in [4.78, 5) is 15.5. The highest BCUT2D eigenvalue weighted by Gasteiger charge is 1.97. The minimum Gasteiger partial charge on any atom is -0.478 e. The van der Waals surface area contributed by atoms with Gasteiger partial charge in [-0.3, -0.25) is 4.98 Å². The summed E-state index contributed by atoms with van der Waals surface area (Å²) in [6.45, 7) is 0. The van der Waals surface area contributed by atoms with Crippen LogP contribution in [0.5, 0.6) is 0 Å². The number of pyridine rings is 1. The molecule has 0 aliphatic heterocycles. The maximum Gasteiger partial charge on any atom is 0.337 e. The quantitative estimate of drug-likeness (QED) is 0.375. The van der Waals surface area contributed by atoms with Gasteiger partial charge in [0, 0.05) is 12.4 Å². The van der Waals surface area contributed by atoms with Crippen molar-refractivity contribution in [3.05, 3.63) is 40.5 Å². The van der Waals surface area contributed by atoms with Crippen LogP contribution in [-0.4, -0.2) is 16.1 Å². The number of nitrogens with zero attached hydrogens (tertiary/aromatic N) is 3. The molecule has 6 nitrogen and oxygen atoms in total. The van der Waals surface area contributed by atoms with Crippen molar-refractivity contribution in [1.82, 2.24) is 4.98 Å². The molecule has 0 unspecified atom stereocenters. The van der Waals surface area contributed by atoms with Crippen LogP contribution in [0.4, 0.5) is 0 Å². The highest BCUT2D eigenvalue weighted by Crippen LogP contribution is 1.92. The summed E-state index contributed by atoms with van der Waals surface area (Å²) in [5, 5.41) is 8.34. The highest BCUT2D eigenvalue weighted by atomic mass is 16.4. The van der Waals surface area contributed by atoms with E-state index in [2.05, 4.69) is 4.98 Å². The van der Waals surface area contributed by atoms with Gasteiger partial charge in [-0.15, -0.1) is 5.53 Å². The Morgan fingerprint density at radius 2 is 2.33 bits per heavy atom. The van der Waals surface area contributed by atoms with Crippen LogP contribution in [-0.2, 0) is 0 Å². The third-order valence-corrected chi connectivity index (χ3v) is 0.908. The molecule has 6 heteroatoms. The molecule has 0 amide bonds. The fraction of sp³-hybridized carbons (Fsp3) is 0. The molecule has 0 aliphatic rings. The fourth-order valence-corrected chi connectivity index (χ4v) is 0.489. The summed E-state index contributed by atoms with van der Waals surface area (Å²) in [6, 6.07) is 3.08. The first kappa shape index (κ1) is 9.93. The molecule has 0 spiro atoms. The molecule has 0 bridgehead atoms. The van der Waals surface area contributed by atoms with E-state index in [1.807, 2.05) is 0 Å². The largest absolute Gasteiger partial charge is 0.478 e. The Morgan fingerprint density at radius 3 is 2.58 bits per heavy atom. The second-order valence-corrected chi connectivity index (χ2v) is 1.65. The van der Waals surface area contributed by atoms with Crippen LogP contribution in [0, 0.1) is 5.53 Å². The van der Waals surface area contributed by atoms with Crippen molar-refractivity contribution in [1.29, 1.82) is 5.53 Å². The Kier molecular flexibility index (Phi) is 4.71. The van der Waals surface area contributed by atoms with Crippen LogP contribution in [0.3, 0.4) is 0 Å². The van der Waals surface area contributed by atoms with Gasteiger partial charge in [0.1, 0.15) is 0 Å². The van der Waals surface area contributed by atoms with Crippen LogP contribution in [0.1, 0.15) is 10.4 Å². The average molecular weight is 166 g/mol. The Hall–Kier alpha value is -2.07. The van der Waals surface area contributed by atoms with E-state index in [1.165, 1.54) is 18.5 Å². The van der Waals surface area contributed by atoms with Crippen molar-refractivity contribution < 1.29 is 9.90 Å². The summed E-state index contributed by atoms with van der Waals surface area (Å²) >= 11 is 0. The van der Waals surface area contributed by atoms with Crippen molar-refractivity contribution in [2.75, 3.05) is 0 Å². The van der Waals surface area contributed by atoms with Crippen molar-refractivity contribution in [2.24, 2.45) is 0 Å². The van der Waals surface area contributed by atoms with Gasteiger partial charge in [-0.2, -0.15) is 0 Å². The second kappa shape index (κ2) is 5.70. The predicted octanol–water partition coefficient (Wildman–Crippen LogP) is 1.66. The number of hydrogen-bond donors (Lipinski definition) is 2. The topological polar surface area (TPSA) is 110 Å². The lowest BCUT2D eigenvalue weighted by Crippen LogP contribution is -1.94. The summed E-state index contributed by atoms with van der Waals surface area (Å²) in [6.07, 6.45) is 2.84. The van der Waals surface area contributed by atoms with Crippen molar-refractivity contribution in [3.63, 3.8) is 0 Å². The van der Waals surface area contributed by atoms with E-state index in [0.717, 1.165) is 0 Å².